The molecule has 1 amide bonds. The van der Waals surface area contributed by atoms with Crippen molar-refractivity contribution in [1.29, 1.82) is 0 Å². The molecule has 0 atom stereocenters. The Morgan fingerprint density at radius 2 is 1.63 bits per heavy atom. The summed E-state index contributed by atoms with van der Waals surface area (Å²) in [7, 11) is 0. The van der Waals surface area contributed by atoms with Crippen molar-refractivity contribution in [3.05, 3.63) is 30.3 Å². The van der Waals surface area contributed by atoms with Crippen LogP contribution in [0.4, 0.5) is 5.69 Å². The molecule has 1 aromatic rings. The molecule has 0 fully saturated rings. The molecule has 0 aliphatic heterocycles. The zero-order chi connectivity index (χ0) is 13.9. The standard InChI is InChI=1S/C14H22N2O3/c17-10-4-8-16(9-5-11-18)12-14(19)15-13-6-2-1-3-7-13/h1-3,6-7,17-18H,4-5,8-12H2,(H,15,19). The molecule has 1 rings (SSSR count). The van der Waals surface area contributed by atoms with Gasteiger partial charge in [0.15, 0.2) is 0 Å². The first-order valence-electron chi connectivity index (χ1n) is 6.55. The van der Waals surface area contributed by atoms with Gasteiger partial charge in [0.25, 0.3) is 0 Å². The highest BCUT2D eigenvalue weighted by molar-refractivity contribution is 5.92. The van der Waals surface area contributed by atoms with E-state index in [4.69, 9.17) is 10.2 Å². The van der Waals surface area contributed by atoms with Crippen LogP contribution in [-0.4, -0.2) is 53.9 Å². The second-order valence-electron chi connectivity index (χ2n) is 4.34. The largest absolute Gasteiger partial charge is 0.396 e. The summed E-state index contributed by atoms with van der Waals surface area (Å²) < 4.78 is 0. The van der Waals surface area contributed by atoms with Crippen LogP contribution in [0.25, 0.3) is 0 Å². The quantitative estimate of drug-likeness (QED) is 0.615. The number of carbonyl (C=O) groups excluding carboxylic acids is 1. The number of para-hydroxylation sites is 1. The van der Waals surface area contributed by atoms with E-state index in [1.807, 2.05) is 35.2 Å². The Kier molecular flexibility index (Phi) is 7.81. The van der Waals surface area contributed by atoms with Crippen LogP contribution in [0.15, 0.2) is 30.3 Å². The lowest BCUT2D eigenvalue weighted by molar-refractivity contribution is -0.117. The molecule has 0 radical (unpaired) electrons. The number of aliphatic hydroxyl groups excluding tert-OH is 2. The van der Waals surface area contributed by atoms with E-state index in [0.29, 0.717) is 25.9 Å². The van der Waals surface area contributed by atoms with E-state index in [0.717, 1.165) is 5.69 Å². The SMILES string of the molecule is O=C(CN(CCCO)CCCO)Nc1ccccc1. The zero-order valence-corrected chi connectivity index (χ0v) is 11.1. The first-order chi connectivity index (χ1) is 9.26. The highest BCUT2D eigenvalue weighted by atomic mass is 16.3. The average molecular weight is 266 g/mol. The van der Waals surface area contributed by atoms with E-state index in [1.54, 1.807) is 0 Å². The molecule has 0 aliphatic carbocycles. The molecule has 106 valence electrons. The third kappa shape index (κ3) is 6.91. The summed E-state index contributed by atoms with van der Waals surface area (Å²) in [5.74, 6) is -0.0814. The van der Waals surface area contributed by atoms with Crippen LogP contribution < -0.4 is 5.32 Å². The summed E-state index contributed by atoms with van der Waals surface area (Å²) in [5, 5.41) is 20.5. The van der Waals surface area contributed by atoms with Crippen molar-refractivity contribution in [2.75, 3.05) is 38.2 Å². The third-order valence-electron chi connectivity index (χ3n) is 2.69. The Morgan fingerprint density at radius 1 is 1.05 bits per heavy atom. The number of benzene rings is 1. The predicted molar refractivity (Wildman–Crippen MR) is 74.9 cm³/mol. The van der Waals surface area contributed by atoms with E-state index in [2.05, 4.69) is 5.32 Å². The molecule has 0 aromatic heterocycles. The molecule has 0 aliphatic rings. The maximum atomic E-state index is 11.9. The Labute approximate surface area is 113 Å². The van der Waals surface area contributed by atoms with Crippen molar-refractivity contribution in [3.8, 4) is 0 Å². The number of nitrogens with one attached hydrogen (secondary N) is 1. The number of amides is 1. The number of nitrogens with zero attached hydrogens (tertiary/aromatic N) is 1. The molecule has 19 heavy (non-hydrogen) atoms. The number of rotatable bonds is 9. The zero-order valence-electron chi connectivity index (χ0n) is 11.1. The summed E-state index contributed by atoms with van der Waals surface area (Å²) in [4.78, 5) is 13.8. The van der Waals surface area contributed by atoms with Crippen LogP contribution in [0, 0.1) is 0 Å². The first kappa shape index (κ1) is 15.6. The minimum absolute atomic E-state index is 0.0814. The Bertz CT molecular complexity index is 349. The summed E-state index contributed by atoms with van der Waals surface area (Å²) in [6.45, 7) is 1.79. The minimum atomic E-state index is -0.0814. The lowest BCUT2D eigenvalue weighted by Crippen LogP contribution is -2.35. The molecule has 3 N–H and O–H groups in total. The molecule has 0 bridgehead atoms. The summed E-state index contributed by atoms with van der Waals surface area (Å²) in [5.41, 5.74) is 0.775. The van der Waals surface area contributed by atoms with Gasteiger partial charge in [-0.15, -0.1) is 0 Å². The van der Waals surface area contributed by atoms with E-state index in [1.165, 1.54) is 0 Å². The first-order valence-corrected chi connectivity index (χ1v) is 6.55. The number of anilines is 1. The monoisotopic (exact) mass is 266 g/mol. The van der Waals surface area contributed by atoms with Crippen molar-refractivity contribution < 1.29 is 15.0 Å². The van der Waals surface area contributed by atoms with Crippen molar-refractivity contribution in [2.45, 2.75) is 12.8 Å². The van der Waals surface area contributed by atoms with E-state index in [-0.39, 0.29) is 25.7 Å². The average Bonchev–Trinajstić information content (AvgIpc) is 2.43. The molecule has 0 unspecified atom stereocenters. The normalized spacial score (nSPS) is 10.7. The fraction of sp³-hybridized carbons (Fsp3) is 0.500. The van der Waals surface area contributed by atoms with Crippen molar-refractivity contribution in [3.63, 3.8) is 0 Å². The van der Waals surface area contributed by atoms with E-state index < -0.39 is 0 Å². The fourth-order valence-corrected chi connectivity index (χ4v) is 1.78. The molecule has 0 saturated heterocycles. The van der Waals surface area contributed by atoms with Gasteiger partial charge >= 0.3 is 0 Å². The van der Waals surface area contributed by atoms with E-state index >= 15 is 0 Å². The van der Waals surface area contributed by atoms with Crippen molar-refractivity contribution >= 4 is 11.6 Å². The molecular formula is C14H22N2O3. The van der Waals surface area contributed by atoms with Crippen LogP contribution in [0.3, 0.4) is 0 Å². The van der Waals surface area contributed by atoms with Gasteiger partial charge in [0, 0.05) is 32.0 Å². The van der Waals surface area contributed by atoms with Gasteiger partial charge in [-0.1, -0.05) is 18.2 Å². The van der Waals surface area contributed by atoms with Crippen LogP contribution in [0.5, 0.6) is 0 Å². The molecule has 0 spiro atoms. The van der Waals surface area contributed by atoms with Gasteiger partial charge in [0.05, 0.1) is 6.54 Å². The molecular weight excluding hydrogens is 244 g/mol. The number of hydrogen-bond acceptors (Lipinski definition) is 4. The number of carbonyl (C=O) groups is 1. The lowest BCUT2D eigenvalue weighted by atomic mass is 10.3. The molecule has 0 saturated carbocycles. The second kappa shape index (κ2) is 9.49. The van der Waals surface area contributed by atoms with E-state index in [9.17, 15) is 4.79 Å². The van der Waals surface area contributed by atoms with Crippen LogP contribution in [-0.2, 0) is 4.79 Å². The topological polar surface area (TPSA) is 72.8 Å². The fourth-order valence-electron chi connectivity index (χ4n) is 1.78. The predicted octanol–water partition coefficient (Wildman–Crippen LogP) is 0.692. The highest BCUT2D eigenvalue weighted by Gasteiger charge is 2.10. The smallest absolute Gasteiger partial charge is 0.238 e. The summed E-state index contributed by atoms with van der Waals surface area (Å²) in [6, 6.07) is 9.30. The third-order valence-corrected chi connectivity index (χ3v) is 2.69. The molecule has 1 aromatic carbocycles. The Hall–Kier alpha value is -1.43. The van der Waals surface area contributed by atoms with Crippen molar-refractivity contribution in [1.82, 2.24) is 4.90 Å². The van der Waals surface area contributed by atoms with Gasteiger partial charge in [-0.3, -0.25) is 9.69 Å². The molecule has 5 nitrogen and oxygen atoms in total. The van der Waals surface area contributed by atoms with Gasteiger partial charge in [0.1, 0.15) is 0 Å². The lowest BCUT2D eigenvalue weighted by Gasteiger charge is -2.20. The van der Waals surface area contributed by atoms with Gasteiger partial charge in [-0.25, -0.2) is 0 Å². The number of aliphatic hydroxyl groups is 2. The Balaban J connectivity index is 2.41. The van der Waals surface area contributed by atoms with Crippen LogP contribution in [0.2, 0.25) is 0 Å². The summed E-state index contributed by atoms with van der Waals surface area (Å²) in [6.07, 6.45) is 1.26. The molecule has 5 heteroatoms. The maximum Gasteiger partial charge on any atom is 0.238 e. The minimum Gasteiger partial charge on any atom is -0.396 e. The van der Waals surface area contributed by atoms with Gasteiger partial charge < -0.3 is 15.5 Å². The van der Waals surface area contributed by atoms with Gasteiger partial charge in [-0.05, 0) is 25.0 Å². The number of hydrogen-bond donors (Lipinski definition) is 3. The molecule has 0 heterocycles. The van der Waals surface area contributed by atoms with Crippen LogP contribution in [0.1, 0.15) is 12.8 Å². The van der Waals surface area contributed by atoms with Gasteiger partial charge in [0.2, 0.25) is 5.91 Å². The highest BCUT2D eigenvalue weighted by Crippen LogP contribution is 2.05. The van der Waals surface area contributed by atoms with Gasteiger partial charge in [-0.2, -0.15) is 0 Å². The van der Waals surface area contributed by atoms with Crippen LogP contribution >= 0.6 is 0 Å². The maximum absolute atomic E-state index is 11.9. The second-order valence-corrected chi connectivity index (χ2v) is 4.34. The van der Waals surface area contributed by atoms with Crippen molar-refractivity contribution in [2.24, 2.45) is 0 Å². The summed E-state index contributed by atoms with van der Waals surface area (Å²) >= 11 is 0. The Morgan fingerprint density at radius 3 is 2.16 bits per heavy atom.